The van der Waals surface area contributed by atoms with Crippen LogP contribution < -0.4 is 10.6 Å². The van der Waals surface area contributed by atoms with Gasteiger partial charge in [-0.1, -0.05) is 12.1 Å². The Labute approximate surface area is 154 Å². The molecule has 26 heavy (non-hydrogen) atoms. The van der Waals surface area contributed by atoms with Gasteiger partial charge >= 0.3 is 0 Å². The molecular weight excluding hydrogens is 330 g/mol. The summed E-state index contributed by atoms with van der Waals surface area (Å²) in [7, 11) is 2.01. The van der Waals surface area contributed by atoms with Crippen LogP contribution in [0.15, 0.2) is 18.2 Å². The Morgan fingerprint density at radius 3 is 2.69 bits per heavy atom. The molecule has 2 fully saturated rings. The summed E-state index contributed by atoms with van der Waals surface area (Å²) in [5.41, 5.74) is 2.84. The topological polar surface area (TPSA) is 70.7 Å². The van der Waals surface area contributed by atoms with Gasteiger partial charge in [-0.3, -0.25) is 14.5 Å². The monoisotopic (exact) mass is 357 g/mol. The molecule has 1 aromatic rings. The van der Waals surface area contributed by atoms with Crippen LogP contribution in [0, 0.1) is 0 Å². The maximum Gasteiger partial charge on any atom is 0.251 e. The fourth-order valence-corrected chi connectivity index (χ4v) is 4.46. The highest BCUT2D eigenvalue weighted by molar-refractivity contribution is 5.96. The van der Waals surface area contributed by atoms with E-state index in [-0.39, 0.29) is 29.9 Å². The van der Waals surface area contributed by atoms with Crippen molar-refractivity contribution >= 4 is 11.8 Å². The lowest BCUT2D eigenvalue weighted by molar-refractivity contribution is -0.125. The van der Waals surface area contributed by atoms with Gasteiger partial charge in [0.2, 0.25) is 5.91 Å². The second-order valence-corrected chi connectivity index (χ2v) is 7.76. The van der Waals surface area contributed by atoms with Crippen LogP contribution >= 0.6 is 0 Å². The van der Waals surface area contributed by atoms with Crippen LogP contribution in [0.3, 0.4) is 0 Å². The number of fused-ring (bicyclic) bond motifs is 1. The third kappa shape index (κ3) is 3.48. The third-order valence-electron chi connectivity index (χ3n) is 5.96. The van der Waals surface area contributed by atoms with Gasteiger partial charge in [0.1, 0.15) is 0 Å². The van der Waals surface area contributed by atoms with Gasteiger partial charge in [-0.2, -0.15) is 0 Å². The van der Waals surface area contributed by atoms with Crippen molar-refractivity contribution in [1.82, 2.24) is 15.5 Å². The summed E-state index contributed by atoms with van der Waals surface area (Å²) < 4.78 is 5.46. The number of nitrogens with one attached hydrogen (secondary N) is 2. The first-order valence-electron chi connectivity index (χ1n) is 9.62. The van der Waals surface area contributed by atoms with E-state index in [1.54, 1.807) is 0 Å². The first kappa shape index (κ1) is 17.5. The van der Waals surface area contributed by atoms with E-state index < -0.39 is 0 Å². The molecule has 1 aliphatic carbocycles. The number of hydrogen-bond donors (Lipinski definition) is 2. The Morgan fingerprint density at radius 1 is 1.12 bits per heavy atom. The molecule has 1 aromatic carbocycles. The standard InChI is InChI=1S/C20H27N3O3/c1-23-9-3-6-18(23)20(25)22-15-8-7-14(10-15)21-19(24)16-5-2-4-13-11-26-12-17(13)16/h2,4-5,14-15,18H,3,6-12H2,1H3,(H,21,24)(H,22,25)/t14-,15+,18-/m0/s1. The minimum atomic E-state index is -0.0279. The van der Waals surface area contributed by atoms with E-state index in [4.69, 9.17) is 4.74 Å². The van der Waals surface area contributed by atoms with Gasteiger partial charge in [0.15, 0.2) is 0 Å². The number of nitrogens with zero attached hydrogens (tertiary/aromatic N) is 1. The van der Waals surface area contributed by atoms with Crippen molar-refractivity contribution in [3.8, 4) is 0 Å². The van der Waals surface area contributed by atoms with E-state index in [9.17, 15) is 9.59 Å². The molecule has 3 atom stereocenters. The summed E-state index contributed by atoms with van der Waals surface area (Å²) in [4.78, 5) is 27.2. The SMILES string of the molecule is CN1CCC[C@H]1C(=O)N[C@@H]1CC[C@H](NC(=O)c2cccc3c2COC3)C1. The van der Waals surface area contributed by atoms with Crippen molar-refractivity contribution in [3.05, 3.63) is 34.9 Å². The molecule has 140 valence electrons. The van der Waals surface area contributed by atoms with E-state index in [2.05, 4.69) is 15.5 Å². The minimum absolute atomic E-state index is 0.00977. The van der Waals surface area contributed by atoms with Crippen molar-refractivity contribution < 1.29 is 14.3 Å². The first-order chi connectivity index (χ1) is 12.6. The smallest absolute Gasteiger partial charge is 0.251 e. The number of hydrogen-bond acceptors (Lipinski definition) is 4. The number of amides is 2. The number of rotatable bonds is 4. The van der Waals surface area contributed by atoms with Gasteiger partial charge in [-0.25, -0.2) is 0 Å². The summed E-state index contributed by atoms with van der Waals surface area (Å²) in [6.45, 7) is 2.09. The normalized spacial score (nSPS) is 28.1. The number of carbonyl (C=O) groups excluding carboxylic acids is 2. The molecule has 0 radical (unpaired) electrons. The van der Waals surface area contributed by atoms with Crippen LogP contribution in [-0.2, 0) is 22.7 Å². The fraction of sp³-hybridized carbons (Fsp3) is 0.600. The maximum absolute atomic E-state index is 12.7. The number of likely N-dealkylation sites (N-methyl/N-ethyl adjacent to an activating group) is 1. The second-order valence-electron chi connectivity index (χ2n) is 7.76. The quantitative estimate of drug-likeness (QED) is 0.858. The molecule has 4 rings (SSSR count). The molecule has 2 amide bonds. The van der Waals surface area contributed by atoms with Gasteiger partial charge in [0.25, 0.3) is 5.91 Å². The molecule has 0 spiro atoms. The molecule has 6 nitrogen and oxygen atoms in total. The van der Waals surface area contributed by atoms with Crippen LogP contribution in [0.25, 0.3) is 0 Å². The van der Waals surface area contributed by atoms with E-state index in [1.807, 2.05) is 25.2 Å². The second kappa shape index (κ2) is 7.37. The molecule has 0 unspecified atom stereocenters. The highest BCUT2D eigenvalue weighted by atomic mass is 16.5. The lowest BCUT2D eigenvalue weighted by atomic mass is 10.0. The number of benzene rings is 1. The Balaban J connectivity index is 1.31. The molecule has 6 heteroatoms. The van der Waals surface area contributed by atoms with Crippen LogP contribution in [0.2, 0.25) is 0 Å². The zero-order valence-corrected chi connectivity index (χ0v) is 15.3. The largest absolute Gasteiger partial charge is 0.372 e. The molecule has 0 bridgehead atoms. The Morgan fingerprint density at radius 2 is 1.92 bits per heavy atom. The molecule has 2 N–H and O–H groups in total. The first-order valence-corrected chi connectivity index (χ1v) is 9.62. The lowest BCUT2D eigenvalue weighted by Gasteiger charge is -2.21. The van der Waals surface area contributed by atoms with Crippen molar-refractivity contribution in [1.29, 1.82) is 0 Å². The van der Waals surface area contributed by atoms with Crippen LogP contribution in [-0.4, -0.2) is 48.4 Å². The maximum atomic E-state index is 12.7. The van der Waals surface area contributed by atoms with E-state index in [0.717, 1.165) is 55.3 Å². The van der Waals surface area contributed by atoms with Crippen molar-refractivity contribution in [2.24, 2.45) is 0 Å². The Kier molecular flexibility index (Phi) is 4.96. The van der Waals surface area contributed by atoms with Crippen LogP contribution in [0.4, 0.5) is 0 Å². The summed E-state index contributed by atoms with van der Waals surface area (Å²) in [6.07, 6.45) is 4.66. The molecule has 1 saturated heterocycles. The predicted molar refractivity (Wildman–Crippen MR) is 97.6 cm³/mol. The van der Waals surface area contributed by atoms with E-state index in [0.29, 0.717) is 13.2 Å². The van der Waals surface area contributed by atoms with Gasteiger partial charge in [0, 0.05) is 17.6 Å². The van der Waals surface area contributed by atoms with Gasteiger partial charge in [-0.15, -0.1) is 0 Å². The third-order valence-corrected chi connectivity index (χ3v) is 5.96. The van der Waals surface area contributed by atoms with Crippen LogP contribution in [0.5, 0.6) is 0 Å². The number of carbonyl (C=O) groups is 2. The number of likely N-dealkylation sites (tertiary alicyclic amines) is 1. The summed E-state index contributed by atoms with van der Waals surface area (Å²) in [5, 5.41) is 6.33. The Hall–Kier alpha value is -1.92. The molecule has 2 heterocycles. The van der Waals surface area contributed by atoms with Gasteiger partial charge in [0.05, 0.1) is 19.3 Å². The molecule has 3 aliphatic rings. The van der Waals surface area contributed by atoms with Gasteiger partial charge < -0.3 is 15.4 Å². The Bertz CT molecular complexity index is 706. The lowest BCUT2D eigenvalue weighted by Crippen LogP contribution is -2.45. The average Bonchev–Trinajstić information content (AvgIpc) is 3.35. The summed E-state index contributed by atoms with van der Waals surface area (Å²) >= 11 is 0. The molecular formula is C20H27N3O3. The minimum Gasteiger partial charge on any atom is -0.372 e. The molecule has 0 aromatic heterocycles. The zero-order chi connectivity index (χ0) is 18.1. The zero-order valence-electron chi connectivity index (χ0n) is 15.3. The van der Waals surface area contributed by atoms with Crippen LogP contribution in [0.1, 0.15) is 53.6 Å². The summed E-state index contributed by atoms with van der Waals surface area (Å²) in [6, 6.07) is 6.08. The highest BCUT2D eigenvalue weighted by Crippen LogP contribution is 2.25. The van der Waals surface area contributed by atoms with Crippen molar-refractivity contribution in [2.75, 3.05) is 13.6 Å². The average molecular weight is 357 g/mol. The number of ether oxygens (including phenoxy) is 1. The van der Waals surface area contributed by atoms with Gasteiger partial charge in [-0.05, 0) is 62.9 Å². The highest BCUT2D eigenvalue weighted by Gasteiger charge is 2.32. The van der Waals surface area contributed by atoms with Crippen molar-refractivity contribution in [3.63, 3.8) is 0 Å². The predicted octanol–water partition coefficient (Wildman–Crippen LogP) is 1.58. The van der Waals surface area contributed by atoms with Crippen molar-refractivity contribution in [2.45, 2.75) is 63.4 Å². The van der Waals surface area contributed by atoms with E-state index in [1.165, 1.54) is 0 Å². The fourth-order valence-electron chi connectivity index (χ4n) is 4.46. The molecule has 1 saturated carbocycles. The summed E-state index contributed by atoms with van der Waals surface area (Å²) in [5.74, 6) is 0.111. The van der Waals surface area contributed by atoms with E-state index >= 15 is 0 Å². The molecule has 2 aliphatic heterocycles.